The number of aryl methyl sites for hydroxylation is 1. The van der Waals surface area contributed by atoms with E-state index in [0.29, 0.717) is 5.39 Å². The van der Waals surface area contributed by atoms with Crippen LogP contribution in [0.4, 0.5) is 5.13 Å². The van der Waals surface area contributed by atoms with Crippen LogP contribution in [-0.4, -0.2) is 52.6 Å². The molecule has 136 valence electrons. The first-order valence-corrected chi connectivity index (χ1v) is 9.94. The van der Waals surface area contributed by atoms with Crippen molar-refractivity contribution in [3.8, 4) is 0 Å². The second kappa shape index (κ2) is 7.55. The lowest BCUT2D eigenvalue weighted by Crippen LogP contribution is -2.32. The molecule has 0 radical (unpaired) electrons. The van der Waals surface area contributed by atoms with E-state index in [-0.39, 0.29) is 5.56 Å². The van der Waals surface area contributed by atoms with Gasteiger partial charge in [0.25, 0.3) is 5.56 Å². The molecule has 3 aromatic rings. The molecule has 2 aromatic heterocycles. The average molecular weight is 369 g/mol. The van der Waals surface area contributed by atoms with E-state index < -0.39 is 0 Å². The Balaban J connectivity index is 1.38. The Hall–Kier alpha value is -2.25. The summed E-state index contributed by atoms with van der Waals surface area (Å²) in [5.41, 5.74) is 1.82. The van der Waals surface area contributed by atoms with E-state index in [1.54, 1.807) is 11.3 Å². The smallest absolute Gasteiger partial charge is 0.258 e. The van der Waals surface area contributed by atoms with Gasteiger partial charge in [-0.1, -0.05) is 12.1 Å². The summed E-state index contributed by atoms with van der Waals surface area (Å²) in [4.78, 5) is 29.2. The number of rotatable bonds is 4. The Morgan fingerprint density at radius 1 is 1.15 bits per heavy atom. The van der Waals surface area contributed by atoms with Crippen molar-refractivity contribution >= 4 is 27.4 Å². The Bertz CT molecular complexity index is 950. The number of para-hydroxylation sites is 1. The van der Waals surface area contributed by atoms with E-state index in [9.17, 15) is 4.79 Å². The van der Waals surface area contributed by atoms with Gasteiger partial charge in [-0.2, -0.15) is 0 Å². The van der Waals surface area contributed by atoms with Gasteiger partial charge in [-0.05, 0) is 32.0 Å². The summed E-state index contributed by atoms with van der Waals surface area (Å²) in [6.07, 6.45) is 1.89. The molecule has 1 aliphatic heterocycles. The predicted molar refractivity (Wildman–Crippen MR) is 106 cm³/mol. The molecule has 1 N–H and O–H groups in total. The van der Waals surface area contributed by atoms with E-state index >= 15 is 0 Å². The standard InChI is InChI=1S/C19H23N5OS/c1-14-13-26-19(20-14)24-9-4-8-23(11-12-24)10-7-17-21-16-6-3-2-5-15(16)18(25)22-17/h2-3,5-6,13H,4,7-12H2,1H3,(H,21,22,25). The number of H-pyrrole nitrogens is 1. The van der Waals surface area contributed by atoms with E-state index in [0.717, 1.165) is 67.7 Å². The fourth-order valence-corrected chi connectivity index (χ4v) is 4.25. The van der Waals surface area contributed by atoms with Crippen LogP contribution in [0.5, 0.6) is 0 Å². The van der Waals surface area contributed by atoms with E-state index in [1.165, 1.54) is 0 Å². The number of benzene rings is 1. The number of aromatic nitrogens is 3. The Kier molecular flexibility index (Phi) is 4.99. The van der Waals surface area contributed by atoms with Crippen LogP contribution in [0.3, 0.4) is 0 Å². The number of hydrogen-bond acceptors (Lipinski definition) is 6. The highest BCUT2D eigenvalue weighted by Gasteiger charge is 2.17. The molecular formula is C19H23N5OS. The summed E-state index contributed by atoms with van der Waals surface area (Å²) in [7, 11) is 0. The number of hydrogen-bond donors (Lipinski definition) is 1. The molecule has 0 atom stereocenters. The van der Waals surface area contributed by atoms with Crippen molar-refractivity contribution in [1.82, 2.24) is 19.9 Å². The van der Waals surface area contributed by atoms with Crippen LogP contribution in [0.15, 0.2) is 34.4 Å². The molecule has 7 heteroatoms. The minimum absolute atomic E-state index is 0.0493. The number of nitrogens with zero attached hydrogens (tertiary/aromatic N) is 4. The van der Waals surface area contributed by atoms with Crippen LogP contribution < -0.4 is 10.5 Å². The van der Waals surface area contributed by atoms with E-state index in [2.05, 4.69) is 30.1 Å². The number of nitrogens with one attached hydrogen (secondary N) is 1. The van der Waals surface area contributed by atoms with Gasteiger partial charge in [0.2, 0.25) is 0 Å². The third-order valence-electron chi connectivity index (χ3n) is 4.79. The number of thiazole rings is 1. The molecule has 0 bridgehead atoms. The minimum atomic E-state index is -0.0493. The monoisotopic (exact) mass is 369 g/mol. The molecule has 3 heterocycles. The maximum Gasteiger partial charge on any atom is 0.258 e. The quantitative estimate of drug-likeness (QED) is 0.765. The van der Waals surface area contributed by atoms with Crippen LogP contribution >= 0.6 is 11.3 Å². The highest BCUT2D eigenvalue weighted by atomic mass is 32.1. The van der Waals surface area contributed by atoms with Crippen molar-refractivity contribution in [2.24, 2.45) is 0 Å². The third-order valence-corrected chi connectivity index (χ3v) is 5.81. The Morgan fingerprint density at radius 2 is 2.04 bits per heavy atom. The molecule has 6 nitrogen and oxygen atoms in total. The second-order valence-electron chi connectivity index (χ2n) is 6.73. The average Bonchev–Trinajstić information content (AvgIpc) is 2.94. The summed E-state index contributed by atoms with van der Waals surface area (Å²) < 4.78 is 0. The normalized spacial score (nSPS) is 16.1. The zero-order valence-corrected chi connectivity index (χ0v) is 15.8. The van der Waals surface area contributed by atoms with Gasteiger partial charge in [0.15, 0.2) is 5.13 Å². The van der Waals surface area contributed by atoms with Gasteiger partial charge < -0.3 is 14.8 Å². The minimum Gasteiger partial charge on any atom is -0.347 e. The lowest BCUT2D eigenvalue weighted by molar-refractivity contribution is 0.295. The van der Waals surface area contributed by atoms with Crippen molar-refractivity contribution in [3.63, 3.8) is 0 Å². The molecular weight excluding hydrogens is 346 g/mol. The van der Waals surface area contributed by atoms with Crippen LogP contribution in [0.2, 0.25) is 0 Å². The molecule has 0 unspecified atom stereocenters. The van der Waals surface area contributed by atoms with E-state index in [1.807, 2.05) is 31.2 Å². The molecule has 0 aliphatic carbocycles. The molecule has 4 rings (SSSR count). The topological polar surface area (TPSA) is 65.1 Å². The summed E-state index contributed by atoms with van der Waals surface area (Å²) in [5, 5.41) is 3.89. The van der Waals surface area contributed by atoms with Crippen LogP contribution in [-0.2, 0) is 6.42 Å². The molecule has 0 spiro atoms. The first-order chi connectivity index (χ1) is 12.7. The van der Waals surface area contributed by atoms with E-state index in [4.69, 9.17) is 0 Å². The molecule has 1 fully saturated rings. The van der Waals surface area contributed by atoms with Crippen LogP contribution in [0.1, 0.15) is 17.9 Å². The molecule has 0 saturated carbocycles. The SMILES string of the molecule is Cc1csc(N2CCCN(CCc3nc4ccccc4c(=O)[nH]3)CC2)n1. The summed E-state index contributed by atoms with van der Waals surface area (Å²) in [6.45, 7) is 7.08. The highest BCUT2D eigenvalue weighted by Crippen LogP contribution is 2.21. The second-order valence-corrected chi connectivity index (χ2v) is 7.57. The molecule has 0 amide bonds. The number of fused-ring (bicyclic) bond motifs is 1. The van der Waals surface area contributed by atoms with Gasteiger partial charge in [0.1, 0.15) is 5.82 Å². The summed E-state index contributed by atoms with van der Waals surface area (Å²) in [6, 6.07) is 7.50. The van der Waals surface area contributed by atoms with Crippen molar-refractivity contribution in [3.05, 3.63) is 51.5 Å². The van der Waals surface area contributed by atoms with Crippen molar-refractivity contribution in [2.45, 2.75) is 19.8 Å². The molecule has 26 heavy (non-hydrogen) atoms. The maximum atomic E-state index is 12.2. The fourth-order valence-electron chi connectivity index (χ4n) is 3.39. The molecule has 1 aliphatic rings. The van der Waals surface area contributed by atoms with Gasteiger partial charge >= 0.3 is 0 Å². The number of aromatic amines is 1. The van der Waals surface area contributed by atoms with Crippen LogP contribution in [0.25, 0.3) is 10.9 Å². The Morgan fingerprint density at radius 3 is 2.88 bits per heavy atom. The predicted octanol–water partition coefficient (Wildman–Crippen LogP) is 2.44. The van der Waals surface area contributed by atoms with Crippen molar-refractivity contribution in [1.29, 1.82) is 0 Å². The van der Waals surface area contributed by atoms with Gasteiger partial charge in [0, 0.05) is 38.0 Å². The van der Waals surface area contributed by atoms with Gasteiger partial charge in [-0.3, -0.25) is 4.79 Å². The molecule has 1 saturated heterocycles. The largest absolute Gasteiger partial charge is 0.347 e. The highest BCUT2D eigenvalue weighted by molar-refractivity contribution is 7.13. The zero-order valence-electron chi connectivity index (χ0n) is 14.9. The summed E-state index contributed by atoms with van der Waals surface area (Å²) in [5.74, 6) is 0.769. The van der Waals surface area contributed by atoms with Crippen LogP contribution in [0, 0.1) is 6.92 Å². The van der Waals surface area contributed by atoms with Crippen molar-refractivity contribution in [2.75, 3.05) is 37.6 Å². The summed E-state index contributed by atoms with van der Waals surface area (Å²) >= 11 is 1.73. The van der Waals surface area contributed by atoms with Crippen molar-refractivity contribution < 1.29 is 0 Å². The first kappa shape index (κ1) is 17.2. The number of anilines is 1. The maximum absolute atomic E-state index is 12.2. The lowest BCUT2D eigenvalue weighted by atomic mass is 10.2. The zero-order chi connectivity index (χ0) is 17.9. The Labute approximate surface area is 156 Å². The lowest BCUT2D eigenvalue weighted by Gasteiger charge is -2.21. The van der Waals surface area contributed by atoms with Gasteiger partial charge in [-0.15, -0.1) is 11.3 Å². The first-order valence-electron chi connectivity index (χ1n) is 9.06. The van der Waals surface area contributed by atoms with Gasteiger partial charge in [-0.25, -0.2) is 9.97 Å². The van der Waals surface area contributed by atoms with Gasteiger partial charge in [0.05, 0.1) is 16.6 Å². The molecule has 1 aromatic carbocycles. The fraction of sp³-hybridized carbons (Fsp3) is 0.421. The third kappa shape index (κ3) is 3.78.